The first-order chi connectivity index (χ1) is 29.2. The van der Waals surface area contributed by atoms with Crippen LogP contribution in [0.5, 0.6) is 0 Å². The summed E-state index contributed by atoms with van der Waals surface area (Å²) < 4.78 is 93.3. The number of alkyl halides is 6. The fourth-order valence-corrected chi connectivity index (χ4v) is 8.11. The average Bonchev–Trinajstić information content (AvgIpc) is 3.59. The molecule has 0 aliphatic heterocycles. The third-order valence-corrected chi connectivity index (χ3v) is 11.0. The molecule has 0 spiro atoms. The molecule has 3 nitrogen and oxygen atoms in total. The van der Waals surface area contributed by atoms with Crippen LogP contribution in [-0.2, 0) is 17.8 Å². The number of aromatic nitrogens is 3. The summed E-state index contributed by atoms with van der Waals surface area (Å²) in [6, 6.07) is 47.4. The lowest BCUT2D eigenvalue weighted by molar-refractivity contribution is -0.137. The van der Waals surface area contributed by atoms with E-state index in [4.69, 9.17) is 9.97 Å². The van der Waals surface area contributed by atoms with E-state index in [-0.39, 0.29) is 33.4 Å². The normalized spacial score (nSPS) is 12.3. The third kappa shape index (κ3) is 7.34. The summed E-state index contributed by atoms with van der Waals surface area (Å²) in [5, 5.41) is 1.61. The highest BCUT2D eigenvalue weighted by atomic mass is 19.4. The smallest absolute Gasteiger partial charge is 0.308 e. The van der Waals surface area contributed by atoms with Crippen LogP contribution in [0.3, 0.4) is 0 Å². The fraction of sp³-hybridized carbons (Fsp3) is 0.115. The Balaban J connectivity index is 1.48. The molecule has 2 aromatic heterocycles. The summed E-state index contributed by atoms with van der Waals surface area (Å²) in [4.78, 5) is 9.87. The van der Waals surface area contributed by atoms with Crippen molar-refractivity contribution in [1.29, 1.82) is 0 Å². The molecule has 7 aromatic carbocycles. The summed E-state index contributed by atoms with van der Waals surface area (Å²) in [6.45, 7) is 6.26. The van der Waals surface area contributed by atoms with Crippen LogP contribution in [0.25, 0.3) is 83.6 Å². The minimum atomic E-state index is -4.81. The number of halogens is 6. The molecule has 61 heavy (non-hydrogen) atoms. The zero-order valence-corrected chi connectivity index (χ0v) is 33.3. The van der Waals surface area contributed by atoms with Gasteiger partial charge in [-0.3, -0.25) is 0 Å². The van der Waals surface area contributed by atoms with Gasteiger partial charge in [0.05, 0.1) is 39.2 Å². The summed E-state index contributed by atoms with van der Waals surface area (Å²) in [7, 11) is 0. The lowest BCUT2D eigenvalue weighted by atomic mass is 9.86. The van der Waals surface area contributed by atoms with Crippen molar-refractivity contribution in [2.24, 2.45) is 0 Å². The Morgan fingerprint density at radius 3 is 1.44 bits per heavy atom. The fourth-order valence-electron chi connectivity index (χ4n) is 8.11. The lowest BCUT2D eigenvalue weighted by Gasteiger charge is -2.24. The van der Waals surface area contributed by atoms with E-state index in [0.29, 0.717) is 39.4 Å². The van der Waals surface area contributed by atoms with Gasteiger partial charge in [0.1, 0.15) is 0 Å². The minimum absolute atomic E-state index is 0.0705. The molecule has 9 rings (SSSR count). The van der Waals surface area contributed by atoms with Crippen LogP contribution in [0.1, 0.15) is 37.5 Å². The maximum atomic E-state index is 15.2. The number of fused-ring (bicyclic) bond motifs is 3. The van der Waals surface area contributed by atoms with Crippen LogP contribution < -0.4 is 0 Å². The molecule has 0 unspecified atom stereocenters. The maximum absolute atomic E-state index is 15.2. The van der Waals surface area contributed by atoms with Crippen molar-refractivity contribution in [3.05, 3.63) is 187 Å². The zero-order valence-electron chi connectivity index (χ0n) is 33.3. The van der Waals surface area contributed by atoms with E-state index in [1.54, 1.807) is 18.2 Å². The van der Waals surface area contributed by atoms with Gasteiger partial charge in [0.2, 0.25) is 0 Å². The number of nitrogens with zero attached hydrogens (tertiary/aromatic N) is 3. The SMILES string of the molecule is CC(C)(C)c1ccc2c(c1)c1ccccc1n2-c1c(-c2ccccc2C(F)(F)F)cc(-c2cc(-c3ccccc3)nc(-c3ccccc3)n2)cc1-c1ccccc1C(F)(F)F. The highest BCUT2D eigenvalue weighted by Crippen LogP contribution is 2.49. The van der Waals surface area contributed by atoms with Gasteiger partial charge < -0.3 is 4.57 Å². The highest BCUT2D eigenvalue weighted by Gasteiger charge is 2.37. The van der Waals surface area contributed by atoms with E-state index in [1.165, 1.54) is 36.4 Å². The van der Waals surface area contributed by atoms with Crippen LogP contribution in [0.4, 0.5) is 26.3 Å². The van der Waals surface area contributed by atoms with Crippen molar-refractivity contribution in [2.75, 3.05) is 0 Å². The number of hydrogen-bond donors (Lipinski definition) is 0. The van der Waals surface area contributed by atoms with Crippen LogP contribution in [0.15, 0.2) is 170 Å². The summed E-state index contributed by atoms with van der Waals surface area (Å²) >= 11 is 0. The Kier molecular flexibility index (Phi) is 9.65. The Hall–Kier alpha value is -7.00. The first-order valence-electron chi connectivity index (χ1n) is 19.7. The molecule has 0 fully saturated rings. The van der Waals surface area contributed by atoms with Gasteiger partial charge in [0.25, 0.3) is 0 Å². The van der Waals surface area contributed by atoms with E-state index in [2.05, 4.69) is 26.8 Å². The van der Waals surface area contributed by atoms with E-state index in [9.17, 15) is 0 Å². The molecular formula is C52H37F6N3. The van der Waals surface area contributed by atoms with Gasteiger partial charge in [-0.25, -0.2) is 9.97 Å². The number of para-hydroxylation sites is 1. The van der Waals surface area contributed by atoms with Crippen molar-refractivity contribution in [3.8, 4) is 61.8 Å². The first-order valence-corrected chi connectivity index (χ1v) is 19.7. The predicted molar refractivity (Wildman–Crippen MR) is 232 cm³/mol. The largest absolute Gasteiger partial charge is 0.417 e. The third-order valence-electron chi connectivity index (χ3n) is 11.0. The molecule has 0 aliphatic rings. The molecule has 2 heterocycles. The molecule has 9 heteroatoms. The van der Waals surface area contributed by atoms with Gasteiger partial charge in [-0.15, -0.1) is 0 Å². The van der Waals surface area contributed by atoms with E-state index < -0.39 is 23.5 Å². The van der Waals surface area contributed by atoms with Crippen LogP contribution in [0, 0.1) is 0 Å². The lowest BCUT2D eigenvalue weighted by Crippen LogP contribution is -2.11. The molecule has 0 amide bonds. The summed E-state index contributed by atoms with van der Waals surface area (Å²) in [5.74, 6) is 0.340. The average molecular weight is 818 g/mol. The molecule has 0 saturated heterocycles. The standard InChI is InChI=1S/C52H37F6N3/c1-50(2,3)35-26-27-47-39(30-35)38-22-12-15-25-46(38)61(47)48-40(36-20-10-13-23-42(36)51(53,54)55)28-34(29-41(48)37-21-11-14-24-43(37)52(56,57)58)45-31-44(32-16-6-4-7-17-32)59-49(60-45)33-18-8-5-9-19-33/h4-31H,1-3H3. The second-order valence-corrected chi connectivity index (χ2v) is 16.0. The van der Waals surface area contributed by atoms with Crippen molar-refractivity contribution >= 4 is 21.8 Å². The molecule has 0 atom stereocenters. The van der Waals surface area contributed by atoms with Crippen LogP contribution >= 0.6 is 0 Å². The molecule has 302 valence electrons. The molecular weight excluding hydrogens is 781 g/mol. The molecule has 0 aliphatic carbocycles. The Labute approximate surface area is 348 Å². The first kappa shape index (κ1) is 39.5. The van der Waals surface area contributed by atoms with Crippen molar-refractivity contribution < 1.29 is 26.3 Å². The van der Waals surface area contributed by atoms with Crippen molar-refractivity contribution in [1.82, 2.24) is 14.5 Å². The van der Waals surface area contributed by atoms with E-state index >= 15 is 26.3 Å². The number of rotatable bonds is 6. The topological polar surface area (TPSA) is 30.7 Å². The second-order valence-electron chi connectivity index (χ2n) is 16.0. The van der Waals surface area contributed by atoms with Gasteiger partial charge in [0, 0.05) is 38.6 Å². The molecule has 0 N–H and O–H groups in total. The Bertz CT molecular complexity index is 2950. The molecule has 9 aromatic rings. The maximum Gasteiger partial charge on any atom is 0.417 e. The van der Waals surface area contributed by atoms with E-state index in [0.717, 1.165) is 34.0 Å². The quantitative estimate of drug-likeness (QED) is 0.157. The Morgan fingerprint density at radius 2 is 0.885 bits per heavy atom. The molecule has 0 saturated carbocycles. The predicted octanol–water partition coefficient (Wildman–Crippen LogP) is 15.2. The van der Waals surface area contributed by atoms with Gasteiger partial charge in [-0.1, -0.05) is 142 Å². The zero-order chi connectivity index (χ0) is 42.7. The molecule has 0 radical (unpaired) electrons. The molecule has 0 bridgehead atoms. The van der Waals surface area contributed by atoms with Crippen molar-refractivity contribution in [2.45, 2.75) is 38.5 Å². The van der Waals surface area contributed by atoms with Crippen molar-refractivity contribution in [3.63, 3.8) is 0 Å². The Morgan fingerprint density at radius 1 is 0.410 bits per heavy atom. The number of benzene rings is 7. The summed E-state index contributed by atoms with van der Waals surface area (Å²) in [6.07, 6.45) is -9.63. The van der Waals surface area contributed by atoms with Crippen LogP contribution in [0.2, 0.25) is 0 Å². The van der Waals surface area contributed by atoms with Gasteiger partial charge in [-0.2, -0.15) is 26.3 Å². The highest BCUT2D eigenvalue weighted by molar-refractivity contribution is 6.11. The summed E-state index contributed by atoms with van der Waals surface area (Å²) in [5.41, 5.74) is 2.63. The van der Waals surface area contributed by atoms with Gasteiger partial charge in [-0.05, 0) is 70.6 Å². The van der Waals surface area contributed by atoms with Gasteiger partial charge in [0.15, 0.2) is 5.82 Å². The number of hydrogen-bond acceptors (Lipinski definition) is 2. The monoisotopic (exact) mass is 817 g/mol. The van der Waals surface area contributed by atoms with Gasteiger partial charge >= 0.3 is 12.4 Å². The minimum Gasteiger partial charge on any atom is -0.308 e. The second kappa shape index (κ2) is 14.9. The van der Waals surface area contributed by atoms with E-state index in [1.807, 2.05) is 102 Å². The van der Waals surface area contributed by atoms with Crippen LogP contribution in [-0.4, -0.2) is 14.5 Å².